The Labute approximate surface area is 353 Å². The molecule has 21 nitrogen and oxygen atoms in total. The van der Waals surface area contributed by atoms with Gasteiger partial charge in [0.25, 0.3) is 0 Å². The van der Waals surface area contributed by atoms with Gasteiger partial charge >= 0.3 is 6.03 Å². The molecule has 0 spiro atoms. The largest absolute Gasteiger partial charge is 0.388 e. The Balaban J connectivity index is 0.793. The van der Waals surface area contributed by atoms with Crippen molar-refractivity contribution in [2.75, 3.05) is 23.8 Å². The number of carbonyl (C=O) groups excluding carboxylic acids is 3. The Hall–Kier alpha value is -4.67. The third-order valence-electron chi connectivity index (χ3n) is 12.4. The molecule has 4 aromatic heterocycles. The lowest BCUT2D eigenvalue weighted by Gasteiger charge is -2.32. The minimum absolute atomic E-state index is 0.00274. The normalized spacial score (nSPS) is 29.4. The van der Waals surface area contributed by atoms with E-state index in [2.05, 4.69) is 61.8 Å². The number of aromatic nitrogens is 8. The number of imidazole rings is 2. The summed E-state index contributed by atoms with van der Waals surface area (Å²) in [6.45, 7) is -1.27. The summed E-state index contributed by atoms with van der Waals surface area (Å²) in [5.41, 5.74) is 2.07. The van der Waals surface area contributed by atoms with E-state index in [-0.39, 0.29) is 65.2 Å². The van der Waals surface area contributed by atoms with Gasteiger partial charge in [-0.2, -0.15) is 19.9 Å². The molecule has 8 rings (SSSR count). The third kappa shape index (κ3) is 9.15. The van der Waals surface area contributed by atoms with E-state index in [1.165, 1.54) is 6.33 Å². The fourth-order valence-corrected chi connectivity index (χ4v) is 9.68. The maximum Gasteiger partial charge on any atom is 0.315 e. The summed E-state index contributed by atoms with van der Waals surface area (Å²) in [5.74, 6) is -0.0287. The molecule has 4 saturated carbocycles. The molecule has 0 aliphatic heterocycles. The first-order valence-electron chi connectivity index (χ1n) is 20.5. The number of nitrogens with one attached hydrogen (secondary N) is 6. The summed E-state index contributed by atoms with van der Waals surface area (Å²) in [7, 11) is 0. The molecule has 4 amide bonds. The van der Waals surface area contributed by atoms with Gasteiger partial charge in [-0.1, -0.05) is 0 Å². The number of rotatable bonds is 12. The van der Waals surface area contributed by atoms with Crippen molar-refractivity contribution in [1.82, 2.24) is 60.3 Å². The van der Waals surface area contributed by atoms with Gasteiger partial charge in [0, 0.05) is 36.3 Å². The number of halogens is 2. The number of aliphatic hydroxyl groups excluding tert-OH is 4. The maximum absolute atomic E-state index is 13.1. The summed E-state index contributed by atoms with van der Waals surface area (Å²) in [6, 6.07) is -1.39. The van der Waals surface area contributed by atoms with Gasteiger partial charge in [-0.05, 0) is 100 Å². The Morgan fingerprint density at radius 2 is 1.08 bits per heavy atom. The summed E-state index contributed by atoms with van der Waals surface area (Å²) >= 11 is 12.7. The van der Waals surface area contributed by atoms with E-state index in [9.17, 15) is 24.6 Å². The van der Waals surface area contributed by atoms with E-state index in [0.717, 1.165) is 64.2 Å². The zero-order chi connectivity index (χ0) is 42.1. The molecule has 23 heteroatoms. The van der Waals surface area contributed by atoms with Crippen LogP contribution in [0, 0.1) is 0 Å². The number of urea groups is 1. The number of amides is 4. The van der Waals surface area contributed by atoms with Gasteiger partial charge < -0.3 is 61.5 Å². The van der Waals surface area contributed by atoms with Crippen LogP contribution in [0.15, 0.2) is 12.7 Å². The van der Waals surface area contributed by atoms with Gasteiger partial charge in [0.15, 0.2) is 34.0 Å². The van der Waals surface area contributed by atoms with Crippen molar-refractivity contribution in [2.24, 2.45) is 0 Å². The molecule has 0 aromatic carbocycles. The molecular formula is C37H50Cl2N14O7. The minimum Gasteiger partial charge on any atom is -0.388 e. The zero-order valence-corrected chi connectivity index (χ0v) is 34.2. The van der Waals surface area contributed by atoms with Crippen LogP contribution in [0.2, 0.25) is 10.6 Å². The van der Waals surface area contributed by atoms with Crippen LogP contribution in [0.3, 0.4) is 0 Å². The number of aliphatic hydroxyl groups is 4. The van der Waals surface area contributed by atoms with Crippen molar-refractivity contribution in [3.63, 3.8) is 0 Å². The topological polar surface area (TPSA) is 292 Å². The molecule has 60 heavy (non-hydrogen) atoms. The van der Waals surface area contributed by atoms with Crippen LogP contribution in [-0.4, -0.2) is 139 Å². The second kappa shape index (κ2) is 18.1. The van der Waals surface area contributed by atoms with Crippen LogP contribution >= 0.6 is 23.2 Å². The Kier molecular flexibility index (Phi) is 12.7. The van der Waals surface area contributed by atoms with Crippen molar-refractivity contribution in [1.29, 1.82) is 0 Å². The molecule has 4 aliphatic rings. The molecule has 0 saturated heterocycles. The van der Waals surface area contributed by atoms with Crippen molar-refractivity contribution in [3.8, 4) is 0 Å². The van der Waals surface area contributed by atoms with Gasteiger partial charge in [-0.3, -0.25) is 9.59 Å². The predicted octanol–water partition coefficient (Wildman–Crippen LogP) is 1.06. The minimum atomic E-state index is -1.25. The van der Waals surface area contributed by atoms with E-state index < -0.39 is 43.4 Å². The Morgan fingerprint density at radius 3 is 1.63 bits per heavy atom. The maximum atomic E-state index is 13.1. The fraction of sp³-hybridized carbons (Fsp3) is 0.649. The molecule has 0 bridgehead atoms. The van der Waals surface area contributed by atoms with Gasteiger partial charge in [-0.25, -0.2) is 14.8 Å². The van der Waals surface area contributed by atoms with Crippen LogP contribution < -0.4 is 31.9 Å². The summed E-state index contributed by atoms with van der Waals surface area (Å²) in [4.78, 5) is 63.4. The fourth-order valence-electron chi connectivity index (χ4n) is 9.35. The summed E-state index contributed by atoms with van der Waals surface area (Å²) < 4.78 is 3.61. The average molecular weight is 874 g/mol. The van der Waals surface area contributed by atoms with Crippen LogP contribution in [-0.2, 0) is 9.59 Å². The van der Waals surface area contributed by atoms with E-state index in [0.29, 0.717) is 40.4 Å². The van der Waals surface area contributed by atoms with Crippen LogP contribution in [0.4, 0.5) is 16.4 Å². The monoisotopic (exact) mass is 872 g/mol. The number of fused-ring (bicyclic) bond motifs is 2. The highest BCUT2D eigenvalue weighted by Gasteiger charge is 2.44. The molecule has 4 aromatic rings. The molecule has 4 aliphatic carbocycles. The second-order valence-electron chi connectivity index (χ2n) is 16.3. The van der Waals surface area contributed by atoms with Crippen molar-refractivity contribution in [3.05, 3.63) is 23.2 Å². The standard InChI is InChI=1S/C37H50Cl2N14O7/c38-35-48-31(27-33(50-35)52(15-40-27)22-10-9-21(11-22)42-25(56)13-54)43-17-1-5-19(6-2-17)45-37(60)46-20-7-3-18(4-8-20)44-32-28-34(51-36(39)49-32)53(16-41-28)24-12-23(29(58)30(24)59)47-26(57)14-55/h15-24,29-30,54-55,58-59H,1-14H2,(H,42,56)(H,47,57)(H,43,48,50)(H,44,49,51)(H2,45,46,60)/t17?,18?,19?,20?,21-,22+,23+,24-,29-,30+/m1/s1. The molecular weight excluding hydrogens is 823 g/mol. The van der Waals surface area contributed by atoms with E-state index >= 15 is 0 Å². The first-order valence-corrected chi connectivity index (χ1v) is 21.3. The zero-order valence-electron chi connectivity index (χ0n) is 32.7. The van der Waals surface area contributed by atoms with E-state index in [1.807, 2.05) is 4.57 Å². The van der Waals surface area contributed by atoms with Crippen molar-refractivity contribution < 1.29 is 34.8 Å². The lowest BCUT2D eigenvalue weighted by Crippen LogP contribution is -2.49. The molecule has 10 N–H and O–H groups in total. The van der Waals surface area contributed by atoms with Crippen LogP contribution in [0.1, 0.15) is 89.1 Å². The van der Waals surface area contributed by atoms with Gasteiger partial charge in [-0.15, -0.1) is 0 Å². The van der Waals surface area contributed by atoms with E-state index in [1.54, 1.807) is 10.9 Å². The number of anilines is 2. The van der Waals surface area contributed by atoms with Crippen molar-refractivity contribution >= 4 is 75.0 Å². The first kappa shape index (κ1) is 42.0. The predicted molar refractivity (Wildman–Crippen MR) is 218 cm³/mol. The van der Waals surface area contributed by atoms with Gasteiger partial charge in [0.2, 0.25) is 22.4 Å². The highest BCUT2D eigenvalue weighted by molar-refractivity contribution is 6.29. The number of hydrogen-bond donors (Lipinski definition) is 10. The van der Waals surface area contributed by atoms with Crippen molar-refractivity contribution in [2.45, 2.75) is 138 Å². The van der Waals surface area contributed by atoms with Crippen LogP contribution in [0.25, 0.3) is 22.3 Å². The number of carbonyl (C=O) groups is 3. The first-order chi connectivity index (χ1) is 29.0. The second-order valence-corrected chi connectivity index (χ2v) is 17.0. The smallest absolute Gasteiger partial charge is 0.315 e. The molecule has 4 heterocycles. The van der Waals surface area contributed by atoms with Gasteiger partial charge in [0.05, 0.1) is 24.7 Å². The summed E-state index contributed by atoms with van der Waals surface area (Å²) in [5, 5.41) is 58.3. The highest BCUT2D eigenvalue weighted by Crippen LogP contribution is 2.36. The molecule has 0 radical (unpaired) electrons. The lowest BCUT2D eigenvalue weighted by molar-refractivity contribution is -0.125. The quantitative estimate of drug-likeness (QED) is 0.0891. The SMILES string of the molecule is O=C(CO)N[C@@H]1CC[C@H](n2cnc3c(NC4CCC(NC(=O)NC5CCC(Nc6nc(Cl)nc7c6ncn7[C@@H]6C[C@H](NC(=O)CO)[C@@H](O)[C@H]6O)CC5)CC4)nc(Cl)nc32)C1. The summed E-state index contributed by atoms with van der Waals surface area (Å²) in [6.07, 6.45) is 9.47. The average Bonchev–Trinajstić information content (AvgIpc) is 4.03. The number of nitrogens with zero attached hydrogens (tertiary/aromatic N) is 8. The Bertz CT molecular complexity index is 2190. The molecule has 6 atom stereocenters. The van der Waals surface area contributed by atoms with Crippen LogP contribution in [0.5, 0.6) is 0 Å². The highest BCUT2D eigenvalue weighted by atomic mass is 35.5. The van der Waals surface area contributed by atoms with E-state index in [4.69, 9.17) is 33.4 Å². The van der Waals surface area contributed by atoms with Gasteiger partial charge in [0.1, 0.15) is 25.4 Å². The Morgan fingerprint density at radius 1 is 0.600 bits per heavy atom. The molecule has 0 unspecified atom stereocenters. The molecule has 324 valence electrons. The number of hydrogen-bond acceptors (Lipinski definition) is 15. The lowest BCUT2D eigenvalue weighted by atomic mass is 9.90. The molecule has 4 fully saturated rings. The third-order valence-corrected chi connectivity index (χ3v) is 12.7.